The van der Waals surface area contributed by atoms with E-state index in [2.05, 4.69) is 18.7 Å². The number of hydrogen-bond donors (Lipinski definition) is 1. The molecule has 0 heterocycles. The number of aliphatic hydroxyl groups excluding tert-OH is 1. The molecule has 0 aromatic rings. The molecular weight excluding hydrogens is 598 g/mol. The smallest absolute Gasteiger partial charge is 0.305 e. The quantitative estimate of drug-likeness (QED) is 0.0512. The van der Waals surface area contributed by atoms with Crippen LogP contribution < -0.4 is 0 Å². The third kappa shape index (κ3) is 37.7. The summed E-state index contributed by atoms with van der Waals surface area (Å²) in [5.41, 5.74) is 0. The van der Waals surface area contributed by atoms with E-state index in [1.54, 1.807) is 0 Å². The number of carbonyl (C=O) groups is 2. The normalized spacial score (nSPS) is 11.4. The molecule has 48 heavy (non-hydrogen) atoms. The minimum absolute atomic E-state index is 0.0383. The molecule has 0 fully saturated rings. The molecule has 0 aliphatic heterocycles. The molecule has 0 spiro atoms. The van der Waals surface area contributed by atoms with Gasteiger partial charge < -0.3 is 19.5 Å². The standard InChI is InChI=1S/C42H83NO5/c1-3-5-7-9-11-12-13-14-15-16-17-18-20-25-32-40-48-42(46)34-28-26-30-36-43(37-38-44)35-29-23-21-22-27-33-41(45)47-39-31-24-19-10-8-6-4-2/h44H,3-40H2,1-2H3. The summed E-state index contributed by atoms with van der Waals surface area (Å²) in [6.45, 7) is 8.55. The lowest BCUT2D eigenvalue weighted by molar-refractivity contribution is -0.144. The second-order valence-electron chi connectivity index (χ2n) is 14.4. The fourth-order valence-electron chi connectivity index (χ4n) is 6.44. The lowest BCUT2D eigenvalue weighted by Gasteiger charge is -2.21. The first-order valence-electron chi connectivity index (χ1n) is 21.3. The number of ether oxygens (including phenoxy) is 2. The van der Waals surface area contributed by atoms with Crippen molar-refractivity contribution >= 4 is 11.9 Å². The van der Waals surface area contributed by atoms with Crippen molar-refractivity contribution in [2.75, 3.05) is 39.5 Å². The second-order valence-corrected chi connectivity index (χ2v) is 14.4. The van der Waals surface area contributed by atoms with Crippen molar-refractivity contribution < 1.29 is 24.2 Å². The number of carbonyl (C=O) groups excluding carboxylic acids is 2. The fourth-order valence-corrected chi connectivity index (χ4v) is 6.44. The van der Waals surface area contributed by atoms with Gasteiger partial charge in [-0.3, -0.25) is 9.59 Å². The van der Waals surface area contributed by atoms with Crippen LogP contribution in [-0.2, 0) is 19.1 Å². The SMILES string of the molecule is CCCCCCCCCCCCCCCCCOC(=O)CCCCCN(CCO)CCCCCCCC(=O)OCCCCCCCCC. The van der Waals surface area contributed by atoms with Crippen LogP contribution >= 0.6 is 0 Å². The Labute approximate surface area is 299 Å². The Morgan fingerprint density at radius 2 is 0.688 bits per heavy atom. The molecule has 0 aromatic heterocycles. The molecule has 0 bridgehead atoms. The van der Waals surface area contributed by atoms with Crippen LogP contribution in [0.5, 0.6) is 0 Å². The Hall–Kier alpha value is -1.14. The van der Waals surface area contributed by atoms with Crippen LogP contribution in [0.4, 0.5) is 0 Å². The molecule has 0 saturated carbocycles. The predicted octanol–water partition coefficient (Wildman–Crippen LogP) is 11.9. The van der Waals surface area contributed by atoms with Crippen molar-refractivity contribution in [1.29, 1.82) is 0 Å². The van der Waals surface area contributed by atoms with Crippen molar-refractivity contribution in [3.05, 3.63) is 0 Å². The maximum absolute atomic E-state index is 12.1. The van der Waals surface area contributed by atoms with E-state index in [9.17, 15) is 14.7 Å². The van der Waals surface area contributed by atoms with Crippen molar-refractivity contribution in [2.24, 2.45) is 0 Å². The lowest BCUT2D eigenvalue weighted by atomic mass is 10.0. The van der Waals surface area contributed by atoms with Gasteiger partial charge in [-0.1, -0.05) is 168 Å². The molecule has 0 saturated heterocycles. The summed E-state index contributed by atoms with van der Waals surface area (Å²) in [7, 11) is 0. The second kappa shape index (κ2) is 40.3. The third-order valence-electron chi connectivity index (χ3n) is 9.65. The molecule has 0 atom stereocenters. The minimum atomic E-state index is -0.0472. The molecular formula is C42H83NO5. The largest absolute Gasteiger partial charge is 0.466 e. The van der Waals surface area contributed by atoms with Gasteiger partial charge in [0.05, 0.1) is 19.8 Å². The van der Waals surface area contributed by atoms with Gasteiger partial charge in [0.25, 0.3) is 0 Å². The van der Waals surface area contributed by atoms with E-state index in [0.717, 1.165) is 77.3 Å². The number of esters is 2. The molecule has 0 rings (SSSR count). The van der Waals surface area contributed by atoms with Crippen LogP contribution in [0.1, 0.15) is 219 Å². The zero-order valence-electron chi connectivity index (χ0n) is 32.4. The van der Waals surface area contributed by atoms with E-state index in [1.165, 1.54) is 128 Å². The molecule has 1 N–H and O–H groups in total. The summed E-state index contributed by atoms with van der Waals surface area (Å²) in [5, 5.41) is 9.46. The fraction of sp³-hybridized carbons (Fsp3) is 0.952. The molecule has 0 aliphatic carbocycles. The predicted molar refractivity (Wildman–Crippen MR) is 205 cm³/mol. The molecule has 0 radical (unpaired) electrons. The molecule has 0 amide bonds. The van der Waals surface area contributed by atoms with Crippen molar-refractivity contribution in [3.63, 3.8) is 0 Å². The molecule has 0 unspecified atom stereocenters. The van der Waals surface area contributed by atoms with E-state index in [-0.39, 0.29) is 18.5 Å². The molecule has 286 valence electrons. The van der Waals surface area contributed by atoms with Crippen LogP contribution in [0.25, 0.3) is 0 Å². The van der Waals surface area contributed by atoms with Gasteiger partial charge in [-0.05, 0) is 51.6 Å². The monoisotopic (exact) mass is 682 g/mol. The Kier molecular flexibility index (Phi) is 39.3. The highest BCUT2D eigenvalue weighted by atomic mass is 16.5. The van der Waals surface area contributed by atoms with Crippen LogP contribution in [0, 0.1) is 0 Å². The number of rotatable bonds is 40. The van der Waals surface area contributed by atoms with Crippen molar-refractivity contribution in [1.82, 2.24) is 4.90 Å². The van der Waals surface area contributed by atoms with E-state index >= 15 is 0 Å². The first-order chi connectivity index (χ1) is 23.6. The highest BCUT2D eigenvalue weighted by molar-refractivity contribution is 5.69. The van der Waals surface area contributed by atoms with Crippen LogP contribution in [0.2, 0.25) is 0 Å². The maximum atomic E-state index is 12.1. The summed E-state index contributed by atoms with van der Waals surface area (Å²) in [4.78, 5) is 26.4. The first kappa shape index (κ1) is 46.9. The summed E-state index contributed by atoms with van der Waals surface area (Å²) in [5.74, 6) is -0.0856. The Morgan fingerprint density at radius 3 is 1.04 bits per heavy atom. The van der Waals surface area contributed by atoms with Crippen molar-refractivity contribution in [3.8, 4) is 0 Å². The summed E-state index contributed by atoms with van der Waals surface area (Å²) in [6, 6.07) is 0. The Morgan fingerprint density at radius 1 is 0.396 bits per heavy atom. The number of aliphatic hydroxyl groups is 1. The number of unbranched alkanes of at least 4 members (excludes halogenated alkanes) is 26. The summed E-state index contributed by atoms with van der Waals surface area (Å²) >= 11 is 0. The zero-order valence-corrected chi connectivity index (χ0v) is 32.4. The van der Waals surface area contributed by atoms with Gasteiger partial charge in [-0.15, -0.1) is 0 Å². The van der Waals surface area contributed by atoms with Gasteiger partial charge in [0.2, 0.25) is 0 Å². The lowest BCUT2D eigenvalue weighted by Crippen LogP contribution is -2.29. The van der Waals surface area contributed by atoms with E-state index in [4.69, 9.17) is 9.47 Å². The van der Waals surface area contributed by atoms with Gasteiger partial charge in [0, 0.05) is 19.4 Å². The summed E-state index contributed by atoms with van der Waals surface area (Å²) in [6.07, 6.45) is 38.2. The third-order valence-corrected chi connectivity index (χ3v) is 9.65. The van der Waals surface area contributed by atoms with Gasteiger partial charge in [0.1, 0.15) is 0 Å². The summed E-state index contributed by atoms with van der Waals surface area (Å²) < 4.78 is 10.8. The average Bonchev–Trinajstić information content (AvgIpc) is 3.08. The van der Waals surface area contributed by atoms with E-state index in [1.807, 2.05) is 0 Å². The van der Waals surface area contributed by atoms with Crippen molar-refractivity contribution in [2.45, 2.75) is 219 Å². The van der Waals surface area contributed by atoms with E-state index < -0.39 is 0 Å². The minimum Gasteiger partial charge on any atom is -0.466 e. The van der Waals surface area contributed by atoms with Gasteiger partial charge in [-0.2, -0.15) is 0 Å². The average molecular weight is 682 g/mol. The molecule has 6 nitrogen and oxygen atoms in total. The number of hydrogen-bond acceptors (Lipinski definition) is 6. The van der Waals surface area contributed by atoms with E-state index in [0.29, 0.717) is 32.6 Å². The zero-order chi connectivity index (χ0) is 35.0. The molecule has 6 heteroatoms. The Balaban J connectivity index is 3.51. The van der Waals surface area contributed by atoms with Crippen LogP contribution in [0.15, 0.2) is 0 Å². The van der Waals surface area contributed by atoms with Gasteiger partial charge in [0.15, 0.2) is 0 Å². The topological polar surface area (TPSA) is 76.1 Å². The van der Waals surface area contributed by atoms with Gasteiger partial charge in [-0.25, -0.2) is 0 Å². The maximum Gasteiger partial charge on any atom is 0.305 e. The molecule has 0 aliphatic rings. The van der Waals surface area contributed by atoms with Crippen LogP contribution in [-0.4, -0.2) is 61.4 Å². The first-order valence-corrected chi connectivity index (χ1v) is 21.3. The van der Waals surface area contributed by atoms with Crippen LogP contribution in [0.3, 0.4) is 0 Å². The van der Waals surface area contributed by atoms with Gasteiger partial charge >= 0.3 is 11.9 Å². The molecule has 0 aromatic carbocycles. The Bertz CT molecular complexity index is 658. The highest BCUT2D eigenvalue weighted by Gasteiger charge is 2.07. The number of nitrogens with zero attached hydrogens (tertiary/aromatic N) is 1. The highest BCUT2D eigenvalue weighted by Crippen LogP contribution is 2.14.